The summed E-state index contributed by atoms with van der Waals surface area (Å²) >= 11 is 0. The van der Waals surface area contributed by atoms with Crippen LogP contribution in [0.15, 0.2) is 0 Å². The quantitative estimate of drug-likeness (QED) is 0.665. The average molecular weight is 185 g/mol. The molecule has 0 bridgehead atoms. The second-order valence-corrected chi connectivity index (χ2v) is 3.60. The third kappa shape index (κ3) is 2.99. The smallest absolute Gasteiger partial charge is 0.222 e. The molecule has 1 rings (SSSR count). The monoisotopic (exact) mass is 185 g/mol. The second-order valence-electron chi connectivity index (χ2n) is 3.60. The van der Waals surface area contributed by atoms with Crippen LogP contribution in [-0.4, -0.2) is 37.1 Å². The predicted octanol–water partition coefficient (Wildman–Crippen LogP) is 1.42. The van der Waals surface area contributed by atoms with E-state index in [-0.39, 0.29) is 5.91 Å². The fourth-order valence-corrected chi connectivity index (χ4v) is 1.67. The minimum absolute atomic E-state index is 0.273. The maximum absolute atomic E-state index is 11.5. The van der Waals surface area contributed by atoms with Crippen LogP contribution in [0.2, 0.25) is 0 Å². The summed E-state index contributed by atoms with van der Waals surface area (Å²) in [6, 6.07) is 0.410. The summed E-state index contributed by atoms with van der Waals surface area (Å²) in [5.41, 5.74) is 0. The van der Waals surface area contributed by atoms with Crippen molar-refractivity contribution in [3.05, 3.63) is 0 Å². The van der Waals surface area contributed by atoms with Gasteiger partial charge in [-0.15, -0.1) is 0 Å². The summed E-state index contributed by atoms with van der Waals surface area (Å²) in [6.45, 7) is 3.64. The van der Waals surface area contributed by atoms with Gasteiger partial charge in [0.05, 0.1) is 0 Å². The molecule has 1 heterocycles. The van der Waals surface area contributed by atoms with Gasteiger partial charge in [-0.05, 0) is 19.3 Å². The molecule has 13 heavy (non-hydrogen) atoms. The molecule has 0 saturated carbocycles. The van der Waals surface area contributed by atoms with Crippen LogP contribution in [0.25, 0.3) is 0 Å². The van der Waals surface area contributed by atoms with E-state index >= 15 is 0 Å². The molecule has 0 N–H and O–H groups in total. The third-order valence-electron chi connectivity index (χ3n) is 2.60. The highest BCUT2D eigenvalue weighted by atomic mass is 16.5. The fraction of sp³-hybridized carbons (Fsp3) is 0.900. The average Bonchev–Trinajstić information content (AvgIpc) is 2.18. The number of hydrogen-bond acceptors (Lipinski definition) is 2. The summed E-state index contributed by atoms with van der Waals surface area (Å²) in [7, 11) is 1.91. The Kier molecular flexibility index (Phi) is 4.22. The second kappa shape index (κ2) is 5.22. The van der Waals surface area contributed by atoms with E-state index in [1.54, 1.807) is 0 Å². The first-order valence-corrected chi connectivity index (χ1v) is 5.09. The Balaban J connectivity index is 2.35. The first-order chi connectivity index (χ1) is 6.25. The maximum atomic E-state index is 11.5. The fourth-order valence-electron chi connectivity index (χ4n) is 1.67. The Labute approximate surface area is 80.1 Å². The van der Waals surface area contributed by atoms with Crippen LogP contribution in [-0.2, 0) is 9.53 Å². The van der Waals surface area contributed by atoms with E-state index in [9.17, 15) is 4.79 Å². The SMILES string of the molecule is CCCC(=O)N(C)C1CCOCC1. The van der Waals surface area contributed by atoms with Crippen molar-refractivity contribution in [2.24, 2.45) is 0 Å². The van der Waals surface area contributed by atoms with Crippen molar-refractivity contribution >= 4 is 5.91 Å². The van der Waals surface area contributed by atoms with Crippen LogP contribution in [0.4, 0.5) is 0 Å². The summed E-state index contributed by atoms with van der Waals surface area (Å²) in [5, 5.41) is 0. The van der Waals surface area contributed by atoms with Gasteiger partial charge >= 0.3 is 0 Å². The zero-order valence-electron chi connectivity index (χ0n) is 8.58. The number of nitrogens with zero attached hydrogens (tertiary/aromatic N) is 1. The normalized spacial score (nSPS) is 18.6. The van der Waals surface area contributed by atoms with Gasteiger partial charge < -0.3 is 9.64 Å². The Morgan fingerprint density at radius 1 is 1.46 bits per heavy atom. The molecule has 1 aliphatic rings. The van der Waals surface area contributed by atoms with Crippen molar-refractivity contribution in [2.75, 3.05) is 20.3 Å². The Hall–Kier alpha value is -0.570. The molecule has 0 radical (unpaired) electrons. The van der Waals surface area contributed by atoms with E-state index in [0.717, 1.165) is 32.5 Å². The summed E-state index contributed by atoms with van der Waals surface area (Å²) < 4.78 is 5.25. The summed E-state index contributed by atoms with van der Waals surface area (Å²) in [4.78, 5) is 13.4. The molecular formula is C10H19NO2. The molecule has 3 nitrogen and oxygen atoms in total. The number of hydrogen-bond donors (Lipinski definition) is 0. The van der Waals surface area contributed by atoms with Crippen LogP contribution in [0.3, 0.4) is 0 Å². The Morgan fingerprint density at radius 3 is 2.62 bits per heavy atom. The lowest BCUT2D eigenvalue weighted by Crippen LogP contribution is -2.40. The van der Waals surface area contributed by atoms with Crippen LogP contribution >= 0.6 is 0 Å². The minimum atomic E-state index is 0.273. The van der Waals surface area contributed by atoms with Gasteiger partial charge in [-0.2, -0.15) is 0 Å². The zero-order chi connectivity index (χ0) is 9.68. The molecule has 0 aliphatic carbocycles. The van der Waals surface area contributed by atoms with Crippen molar-refractivity contribution in [1.82, 2.24) is 4.90 Å². The summed E-state index contributed by atoms with van der Waals surface area (Å²) in [5.74, 6) is 0.273. The molecular weight excluding hydrogens is 166 g/mol. The largest absolute Gasteiger partial charge is 0.381 e. The van der Waals surface area contributed by atoms with Crippen molar-refractivity contribution in [1.29, 1.82) is 0 Å². The number of rotatable bonds is 3. The molecule has 0 aromatic carbocycles. The van der Waals surface area contributed by atoms with E-state index in [2.05, 4.69) is 0 Å². The summed E-state index contributed by atoms with van der Waals surface area (Å²) in [6.07, 6.45) is 3.60. The molecule has 1 saturated heterocycles. The van der Waals surface area contributed by atoms with Crippen molar-refractivity contribution in [2.45, 2.75) is 38.6 Å². The van der Waals surface area contributed by atoms with Gasteiger partial charge in [-0.3, -0.25) is 4.79 Å². The van der Waals surface area contributed by atoms with E-state index in [0.29, 0.717) is 12.5 Å². The first kappa shape index (κ1) is 10.5. The maximum Gasteiger partial charge on any atom is 0.222 e. The lowest BCUT2D eigenvalue weighted by Gasteiger charge is -2.31. The molecule has 76 valence electrons. The van der Waals surface area contributed by atoms with Crippen molar-refractivity contribution in [3.8, 4) is 0 Å². The lowest BCUT2D eigenvalue weighted by atomic mass is 10.1. The Morgan fingerprint density at radius 2 is 2.08 bits per heavy atom. The van der Waals surface area contributed by atoms with Gasteiger partial charge in [0.15, 0.2) is 0 Å². The van der Waals surface area contributed by atoms with Gasteiger partial charge in [0.1, 0.15) is 0 Å². The number of ether oxygens (including phenoxy) is 1. The lowest BCUT2D eigenvalue weighted by molar-refractivity contribution is -0.133. The molecule has 3 heteroatoms. The molecule has 0 aromatic heterocycles. The molecule has 1 aliphatic heterocycles. The van der Waals surface area contributed by atoms with Crippen molar-refractivity contribution < 1.29 is 9.53 Å². The van der Waals surface area contributed by atoms with Crippen LogP contribution in [0.5, 0.6) is 0 Å². The van der Waals surface area contributed by atoms with E-state index in [1.807, 2.05) is 18.9 Å². The van der Waals surface area contributed by atoms with Gasteiger partial charge in [-0.25, -0.2) is 0 Å². The van der Waals surface area contributed by atoms with Crippen LogP contribution < -0.4 is 0 Å². The highest BCUT2D eigenvalue weighted by Crippen LogP contribution is 2.13. The molecule has 0 aromatic rings. The zero-order valence-corrected chi connectivity index (χ0v) is 8.58. The highest BCUT2D eigenvalue weighted by molar-refractivity contribution is 5.76. The number of carbonyl (C=O) groups excluding carboxylic acids is 1. The van der Waals surface area contributed by atoms with E-state index < -0.39 is 0 Å². The highest BCUT2D eigenvalue weighted by Gasteiger charge is 2.21. The van der Waals surface area contributed by atoms with Gasteiger partial charge in [0.2, 0.25) is 5.91 Å². The minimum Gasteiger partial charge on any atom is -0.381 e. The molecule has 0 unspecified atom stereocenters. The predicted molar refractivity (Wildman–Crippen MR) is 51.5 cm³/mol. The molecule has 0 atom stereocenters. The number of amides is 1. The van der Waals surface area contributed by atoms with E-state index in [1.165, 1.54) is 0 Å². The van der Waals surface area contributed by atoms with Gasteiger partial charge in [0.25, 0.3) is 0 Å². The van der Waals surface area contributed by atoms with Gasteiger partial charge in [0, 0.05) is 32.7 Å². The van der Waals surface area contributed by atoms with Crippen LogP contribution in [0, 0.1) is 0 Å². The number of carbonyl (C=O) groups is 1. The third-order valence-corrected chi connectivity index (χ3v) is 2.60. The van der Waals surface area contributed by atoms with Crippen LogP contribution in [0.1, 0.15) is 32.6 Å². The first-order valence-electron chi connectivity index (χ1n) is 5.09. The topological polar surface area (TPSA) is 29.5 Å². The van der Waals surface area contributed by atoms with Crippen molar-refractivity contribution in [3.63, 3.8) is 0 Å². The standard InChI is InChI=1S/C10H19NO2/c1-3-4-10(12)11(2)9-5-7-13-8-6-9/h9H,3-8H2,1-2H3. The van der Waals surface area contributed by atoms with E-state index in [4.69, 9.17) is 4.74 Å². The molecule has 1 amide bonds. The van der Waals surface area contributed by atoms with Gasteiger partial charge in [-0.1, -0.05) is 6.92 Å². The molecule has 0 spiro atoms. The molecule has 1 fully saturated rings. The Bertz CT molecular complexity index is 164.